The molecule has 1 saturated carbocycles. The van der Waals surface area contributed by atoms with Crippen LogP contribution in [0.2, 0.25) is 0 Å². The fourth-order valence-corrected chi connectivity index (χ4v) is 3.24. The van der Waals surface area contributed by atoms with E-state index in [1.54, 1.807) is 4.90 Å². The molecule has 2 fully saturated rings. The predicted octanol–water partition coefficient (Wildman–Crippen LogP) is 0.489. The molecule has 1 aliphatic heterocycles. The molecule has 0 aromatic carbocycles. The quantitative estimate of drug-likeness (QED) is 0.764. The first-order chi connectivity index (χ1) is 8.96. The normalized spacial score (nSPS) is 30.9. The van der Waals surface area contributed by atoms with Crippen LogP contribution in [0.4, 0.5) is 0 Å². The van der Waals surface area contributed by atoms with Gasteiger partial charge in [-0.15, -0.1) is 0 Å². The van der Waals surface area contributed by atoms with Gasteiger partial charge in [-0.25, -0.2) is 0 Å². The molecular weight excluding hydrogens is 242 g/mol. The zero-order valence-electron chi connectivity index (χ0n) is 11.9. The van der Waals surface area contributed by atoms with Crippen LogP contribution in [-0.2, 0) is 9.59 Å². The number of nitrogens with zero attached hydrogens (tertiary/aromatic N) is 1. The predicted molar refractivity (Wildman–Crippen MR) is 73.3 cm³/mol. The van der Waals surface area contributed by atoms with Crippen LogP contribution in [0, 0.1) is 11.8 Å². The first-order valence-electron chi connectivity index (χ1n) is 7.26. The van der Waals surface area contributed by atoms with Crippen molar-refractivity contribution in [2.75, 3.05) is 19.6 Å². The van der Waals surface area contributed by atoms with E-state index in [0.29, 0.717) is 25.6 Å². The van der Waals surface area contributed by atoms with Crippen LogP contribution in [0.25, 0.3) is 0 Å². The van der Waals surface area contributed by atoms with E-state index in [0.717, 1.165) is 25.7 Å². The lowest BCUT2D eigenvalue weighted by Gasteiger charge is -2.43. The lowest BCUT2D eigenvalue weighted by Crippen LogP contribution is -2.64. The average molecular weight is 267 g/mol. The molecule has 1 saturated heterocycles. The largest absolute Gasteiger partial charge is 0.352 e. The number of carbonyl (C=O) groups is 2. The highest BCUT2D eigenvalue weighted by Crippen LogP contribution is 2.32. The Balaban J connectivity index is 2.08. The monoisotopic (exact) mass is 267 g/mol. The standard InChI is InChI=1S/C14H25N3O2/c1-14(2)13(19)16-6-7-17(14)12(18)11-5-3-4-10(8-11)9-15/h10-11H,3-9,15H2,1-2H3,(H,16,19). The van der Waals surface area contributed by atoms with Gasteiger partial charge in [-0.2, -0.15) is 0 Å². The first-order valence-corrected chi connectivity index (χ1v) is 7.26. The zero-order valence-corrected chi connectivity index (χ0v) is 11.9. The Kier molecular flexibility index (Phi) is 4.13. The minimum atomic E-state index is -0.731. The molecule has 1 heterocycles. The highest BCUT2D eigenvalue weighted by molar-refractivity contribution is 5.92. The Hall–Kier alpha value is -1.10. The Bertz CT molecular complexity index is 368. The fourth-order valence-electron chi connectivity index (χ4n) is 3.24. The molecule has 3 N–H and O–H groups in total. The van der Waals surface area contributed by atoms with E-state index >= 15 is 0 Å². The van der Waals surface area contributed by atoms with Gasteiger partial charge in [-0.3, -0.25) is 9.59 Å². The summed E-state index contributed by atoms with van der Waals surface area (Å²) in [5.41, 5.74) is 5.00. The molecule has 2 amide bonds. The van der Waals surface area contributed by atoms with Gasteiger partial charge in [0, 0.05) is 19.0 Å². The molecule has 5 heteroatoms. The van der Waals surface area contributed by atoms with Gasteiger partial charge >= 0.3 is 0 Å². The second kappa shape index (κ2) is 5.49. The molecule has 2 aliphatic rings. The molecule has 5 nitrogen and oxygen atoms in total. The number of amides is 2. The number of hydrogen-bond acceptors (Lipinski definition) is 3. The van der Waals surface area contributed by atoms with E-state index in [2.05, 4.69) is 5.32 Å². The van der Waals surface area contributed by atoms with Gasteiger partial charge in [0.2, 0.25) is 11.8 Å². The van der Waals surface area contributed by atoms with E-state index in [9.17, 15) is 9.59 Å². The Morgan fingerprint density at radius 1 is 1.47 bits per heavy atom. The lowest BCUT2D eigenvalue weighted by atomic mass is 9.80. The van der Waals surface area contributed by atoms with Crippen LogP contribution >= 0.6 is 0 Å². The minimum absolute atomic E-state index is 0.0486. The second-order valence-corrected chi connectivity index (χ2v) is 6.27. The minimum Gasteiger partial charge on any atom is -0.352 e. The van der Waals surface area contributed by atoms with Crippen molar-refractivity contribution in [1.82, 2.24) is 10.2 Å². The van der Waals surface area contributed by atoms with Crippen molar-refractivity contribution in [1.29, 1.82) is 0 Å². The van der Waals surface area contributed by atoms with E-state index < -0.39 is 5.54 Å². The summed E-state index contributed by atoms with van der Waals surface area (Å²) in [6.07, 6.45) is 4.01. The van der Waals surface area contributed by atoms with Gasteiger partial charge in [0.25, 0.3) is 0 Å². The number of hydrogen-bond donors (Lipinski definition) is 2. The molecule has 0 bridgehead atoms. The summed E-state index contributed by atoms with van der Waals surface area (Å²) >= 11 is 0. The SMILES string of the molecule is CC1(C)C(=O)NCCN1C(=O)C1CCCC(CN)C1. The van der Waals surface area contributed by atoms with Crippen LogP contribution in [0.15, 0.2) is 0 Å². The molecule has 0 spiro atoms. The van der Waals surface area contributed by atoms with E-state index in [1.165, 1.54) is 0 Å². The van der Waals surface area contributed by atoms with Crippen molar-refractivity contribution in [3.05, 3.63) is 0 Å². The van der Waals surface area contributed by atoms with Crippen molar-refractivity contribution in [3.63, 3.8) is 0 Å². The molecule has 1 aliphatic carbocycles. The topological polar surface area (TPSA) is 75.4 Å². The number of rotatable bonds is 2. The molecule has 2 atom stereocenters. The Labute approximate surface area is 114 Å². The number of nitrogens with one attached hydrogen (secondary N) is 1. The number of carbonyl (C=O) groups excluding carboxylic acids is 2. The van der Waals surface area contributed by atoms with Crippen molar-refractivity contribution in [3.8, 4) is 0 Å². The van der Waals surface area contributed by atoms with E-state index in [1.807, 2.05) is 13.8 Å². The molecule has 0 aromatic rings. The molecule has 19 heavy (non-hydrogen) atoms. The maximum Gasteiger partial charge on any atom is 0.245 e. The van der Waals surface area contributed by atoms with Crippen LogP contribution in [0.3, 0.4) is 0 Å². The molecular formula is C14H25N3O2. The van der Waals surface area contributed by atoms with Crippen molar-refractivity contribution >= 4 is 11.8 Å². The van der Waals surface area contributed by atoms with E-state index in [4.69, 9.17) is 5.73 Å². The van der Waals surface area contributed by atoms with Crippen molar-refractivity contribution in [2.24, 2.45) is 17.6 Å². The number of piperazine rings is 1. The summed E-state index contributed by atoms with van der Waals surface area (Å²) < 4.78 is 0. The van der Waals surface area contributed by atoms with E-state index in [-0.39, 0.29) is 17.7 Å². The highest BCUT2D eigenvalue weighted by Gasteiger charge is 2.43. The van der Waals surface area contributed by atoms with Crippen molar-refractivity contribution < 1.29 is 9.59 Å². The van der Waals surface area contributed by atoms with Gasteiger partial charge in [0.05, 0.1) is 0 Å². The van der Waals surface area contributed by atoms with Crippen molar-refractivity contribution in [2.45, 2.75) is 45.1 Å². The van der Waals surface area contributed by atoms with Crippen LogP contribution in [-0.4, -0.2) is 41.9 Å². The maximum absolute atomic E-state index is 12.7. The Morgan fingerprint density at radius 3 is 2.89 bits per heavy atom. The van der Waals surface area contributed by atoms with Gasteiger partial charge in [-0.1, -0.05) is 6.42 Å². The summed E-state index contributed by atoms with van der Waals surface area (Å²) in [5.74, 6) is 0.591. The van der Waals surface area contributed by atoms with Crippen LogP contribution < -0.4 is 11.1 Å². The van der Waals surface area contributed by atoms with Gasteiger partial charge in [0.15, 0.2) is 0 Å². The third-order valence-corrected chi connectivity index (χ3v) is 4.58. The molecule has 2 unspecified atom stereocenters. The zero-order chi connectivity index (χ0) is 14.0. The van der Waals surface area contributed by atoms with Crippen LogP contribution in [0.1, 0.15) is 39.5 Å². The Morgan fingerprint density at radius 2 is 2.21 bits per heavy atom. The summed E-state index contributed by atoms with van der Waals surface area (Å²) in [6.45, 7) is 5.47. The smallest absolute Gasteiger partial charge is 0.245 e. The highest BCUT2D eigenvalue weighted by atomic mass is 16.2. The van der Waals surface area contributed by atoms with Crippen LogP contribution in [0.5, 0.6) is 0 Å². The third-order valence-electron chi connectivity index (χ3n) is 4.58. The summed E-state index contributed by atoms with van der Waals surface area (Å²) in [5, 5.41) is 2.83. The fraction of sp³-hybridized carbons (Fsp3) is 0.857. The van der Waals surface area contributed by atoms with Gasteiger partial charge in [-0.05, 0) is 45.6 Å². The molecule has 0 radical (unpaired) electrons. The summed E-state index contributed by atoms with van der Waals surface area (Å²) in [6, 6.07) is 0. The summed E-state index contributed by atoms with van der Waals surface area (Å²) in [4.78, 5) is 26.3. The second-order valence-electron chi connectivity index (χ2n) is 6.27. The van der Waals surface area contributed by atoms with Gasteiger partial charge < -0.3 is 16.0 Å². The van der Waals surface area contributed by atoms with Gasteiger partial charge in [0.1, 0.15) is 5.54 Å². The third kappa shape index (κ3) is 2.76. The number of nitrogens with two attached hydrogens (primary N) is 1. The molecule has 0 aromatic heterocycles. The lowest BCUT2D eigenvalue weighted by molar-refractivity contribution is -0.153. The average Bonchev–Trinajstić information content (AvgIpc) is 2.41. The maximum atomic E-state index is 12.7. The summed E-state index contributed by atoms with van der Waals surface area (Å²) in [7, 11) is 0. The molecule has 2 rings (SSSR count). The first kappa shape index (κ1) is 14.3. The molecule has 108 valence electrons.